The van der Waals surface area contributed by atoms with Gasteiger partial charge in [0.05, 0.1) is 0 Å². The molecule has 0 bridgehead atoms. The molecule has 0 atom stereocenters. The zero-order chi connectivity index (χ0) is 21.7. The van der Waals surface area contributed by atoms with E-state index in [4.69, 9.17) is 1.37 Å². The molecule has 0 heterocycles. The standard InChI is InChI=1S/C20H36.2C3H8.C2H6/c1-3-7-17(8-4-1)15-19-11-13-20(14-12-19)16-18-9-5-2-6-10-18;2*1-3-2;1-2/h17-20H,1-16H2;2*3H2,1-2H3;1-2H3/i;;;1D. The lowest BCUT2D eigenvalue weighted by molar-refractivity contribution is 0.182. The number of hydrogen-bond donors (Lipinski definition) is 0. The third kappa shape index (κ3) is 14.1. The Morgan fingerprint density at radius 2 is 0.714 bits per heavy atom. The maximum absolute atomic E-state index is 6.21. The van der Waals surface area contributed by atoms with Gasteiger partial charge in [-0.1, -0.05) is 144 Å². The van der Waals surface area contributed by atoms with E-state index < -0.39 is 0 Å². The molecule has 0 N–H and O–H groups in total. The molecule has 0 saturated heterocycles. The van der Waals surface area contributed by atoms with E-state index in [0.717, 1.165) is 23.7 Å². The van der Waals surface area contributed by atoms with E-state index in [1.165, 1.54) is 51.4 Å². The zero-order valence-electron chi connectivity index (χ0n) is 21.7. The van der Waals surface area contributed by atoms with E-state index in [1.807, 2.05) is 0 Å². The first kappa shape index (κ1) is 26.0. The fourth-order valence-corrected chi connectivity index (χ4v) is 5.49. The molecule has 3 rings (SSSR count). The summed E-state index contributed by atoms with van der Waals surface area (Å²) in [7, 11) is 0. The first-order valence-electron chi connectivity index (χ1n) is 14.1. The topological polar surface area (TPSA) is 0 Å². The summed E-state index contributed by atoms with van der Waals surface area (Å²) in [6.45, 7) is 10.8. The first-order valence-corrected chi connectivity index (χ1v) is 13.4. The van der Waals surface area contributed by atoms with Gasteiger partial charge in [-0.2, -0.15) is 0 Å². The summed E-state index contributed by atoms with van der Waals surface area (Å²) in [4.78, 5) is 0. The van der Waals surface area contributed by atoms with Crippen LogP contribution in [0.1, 0.15) is 158 Å². The van der Waals surface area contributed by atoms with Crippen molar-refractivity contribution < 1.29 is 1.37 Å². The molecule has 0 nitrogen and oxygen atoms in total. The monoisotopic (exact) mass is 395 g/mol. The van der Waals surface area contributed by atoms with Gasteiger partial charge < -0.3 is 0 Å². The summed E-state index contributed by atoms with van der Waals surface area (Å²) in [6, 6.07) is 0. The fourth-order valence-electron chi connectivity index (χ4n) is 5.49. The predicted octanol–water partition coefficient (Wildman–Crippen LogP) is 10.6. The summed E-state index contributed by atoms with van der Waals surface area (Å²) in [5.41, 5.74) is 0. The molecule has 0 aromatic rings. The Labute approximate surface area is 182 Å². The van der Waals surface area contributed by atoms with Crippen LogP contribution in [0.4, 0.5) is 0 Å². The average molecular weight is 396 g/mol. The van der Waals surface area contributed by atoms with Crippen LogP contribution >= 0.6 is 0 Å². The summed E-state index contributed by atoms with van der Waals surface area (Å²) in [5.74, 6) is 4.45. The minimum absolute atomic E-state index is 0.500. The quantitative estimate of drug-likeness (QED) is 0.444. The maximum Gasteiger partial charge on any atom is 0.0228 e. The van der Waals surface area contributed by atoms with Crippen molar-refractivity contribution in [3.63, 3.8) is 0 Å². The van der Waals surface area contributed by atoms with Crippen LogP contribution in [0.2, 0.25) is 0 Å². The second-order valence-electron chi connectivity index (χ2n) is 9.78. The van der Waals surface area contributed by atoms with E-state index in [1.54, 1.807) is 71.1 Å². The molecule has 0 aromatic heterocycles. The van der Waals surface area contributed by atoms with Gasteiger partial charge in [-0.3, -0.25) is 0 Å². The molecular formula is C28H58. The van der Waals surface area contributed by atoms with Crippen molar-refractivity contribution >= 4 is 0 Å². The Morgan fingerprint density at radius 3 is 0.964 bits per heavy atom. The first-order chi connectivity index (χ1) is 14.1. The maximum atomic E-state index is 6.21. The van der Waals surface area contributed by atoms with E-state index >= 15 is 0 Å². The Balaban J connectivity index is 0.000000749. The molecule has 0 unspecified atom stereocenters. The van der Waals surface area contributed by atoms with Gasteiger partial charge in [0.2, 0.25) is 0 Å². The van der Waals surface area contributed by atoms with Crippen LogP contribution in [-0.2, 0) is 0 Å². The summed E-state index contributed by atoms with van der Waals surface area (Å²) < 4.78 is 6.21. The van der Waals surface area contributed by atoms with Crippen LogP contribution in [0, 0.1) is 23.7 Å². The molecule has 3 saturated carbocycles. The summed E-state index contributed by atoms with van der Waals surface area (Å²) in [5, 5.41) is 0. The molecule has 170 valence electrons. The molecule has 3 aliphatic rings. The van der Waals surface area contributed by atoms with Crippen LogP contribution in [-0.4, -0.2) is 0 Å². The van der Waals surface area contributed by atoms with Crippen LogP contribution in [0.25, 0.3) is 0 Å². The highest BCUT2D eigenvalue weighted by Gasteiger charge is 2.26. The highest BCUT2D eigenvalue weighted by molar-refractivity contribution is 4.79. The predicted molar refractivity (Wildman–Crippen MR) is 131 cm³/mol. The highest BCUT2D eigenvalue weighted by atomic mass is 14.3. The van der Waals surface area contributed by atoms with Gasteiger partial charge in [-0.15, -0.1) is 0 Å². The van der Waals surface area contributed by atoms with Crippen molar-refractivity contribution in [3.8, 4) is 0 Å². The van der Waals surface area contributed by atoms with E-state index in [2.05, 4.69) is 27.7 Å². The normalized spacial score (nSPS) is 26.4. The Bertz CT molecular complexity index is 261. The Kier molecular flexibility index (Phi) is 18.9. The van der Waals surface area contributed by atoms with Gasteiger partial charge in [0.15, 0.2) is 0 Å². The van der Waals surface area contributed by atoms with Crippen molar-refractivity contribution in [1.29, 1.82) is 0 Å². The summed E-state index contributed by atoms with van der Waals surface area (Å²) >= 11 is 0. The van der Waals surface area contributed by atoms with Crippen LogP contribution in [0.5, 0.6) is 0 Å². The van der Waals surface area contributed by atoms with Gasteiger partial charge in [0.25, 0.3) is 0 Å². The molecule has 0 heteroatoms. The molecule has 0 aromatic carbocycles. The van der Waals surface area contributed by atoms with E-state index in [-0.39, 0.29) is 0 Å². The highest BCUT2D eigenvalue weighted by Crippen LogP contribution is 2.40. The van der Waals surface area contributed by atoms with Gasteiger partial charge >= 0.3 is 0 Å². The molecule has 0 radical (unpaired) electrons. The second-order valence-corrected chi connectivity index (χ2v) is 9.78. The largest absolute Gasteiger partial charge is 0.0683 e. The third-order valence-corrected chi connectivity index (χ3v) is 6.75. The molecular weight excluding hydrogens is 336 g/mol. The Morgan fingerprint density at radius 1 is 0.500 bits per heavy atom. The van der Waals surface area contributed by atoms with Crippen molar-refractivity contribution in [2.75, 3.05) is 0 Å². The molecule has 3 fully saturated rings. The lowest BCUT2D eigenvalue weighted by atomic mass is 9.72. The van der Waals surface area contributed by atoms with Crippen LogP contribution in [0.3, 0.4) is 0 Å². The third-order valence-electron chi connectivity index (χ3n) is 6.75. The smallest absolute Gasteiger partial charge is 0.0228 e. The van der Waals surface area contributed by atoms with Crippen LogP contribution in [0.15, 0.2) is 0 Å². The molecule has 0 aliphatic heterocycles. The minimum atomic E-state index is 0.500. The fraction of sp³-hybridized carbons (Fsp3) is 1.00. The number of rotatable bonds is 4. The van der Waals surface area contributed by atoms with E-state index in [9.17, 15) is 0 Å². The minimum Gasteiger partial charge on any atom is -0.0683 e. The van der Waals surface area contributed by atoms with Gasteiger partial charge in [0, 0.05) is 1.37 Å². The SMILES string of the molecule is C1CCC(CC2CCC(CC3CCCCC3)CC2)CC1.CCC.CCC.[2H]CC. The molecule has 28 heavy (non-hydrogen) atoms. The zero-order valence-corrected chi connectivity index (χ0v) is 20.7. The molecule has 0 amide bonds. The van der Waals surface area contributed by atoms with Crippen molar-refractivity contribution in [2.45, 2.75) is 157 Å². The lowest BCUT2D eigenvalue weighted by Gasteiger charge is -2.34. The summed E-state index contributed by atoms with van der Waals surface area (Å²) in [6.07, 6.45) is 27.4. The second kappa shape index (κ2) is 20.3. The molecule has 0 spiro atoms. The molecule has 3 aliphatic carbocycles. The van der Waals surface area contributed by atoms with Gasteiger partial charge in [0.1, 0.15) is 0 Å². The van der Waals surface area contributed by atoms with Crippen molar-refractivity contribution in [1.82, 2.24) is 0 Å². The number of hydrogen-bond acceptors (Lipinski definition) is 0. The average Bonchev–Trinajstić information content (AvgIpc) is 2.73. The van der Waals surface area contributed by atoms with E-state index in [0.29, 0.717) is 6.90 Å². The van der Waals surface area contributed by atoms with Gasteiger partial charge in [-0.05, 0) is 36.5 Å². The van der Waals surface area contributed by atoms with Crippen molar-refractivity contribution in [2.24, 2.45) is 23.7 Å². The van der Waals surface area contributed by atoms with Crippen molar-refractivity contribution in [3.05, 3.63) is 0 Å². The van der Waals surface area contributed by atoms with Crippen LogP contribution < -0.4 is 0 Å². The van der Waals surface area contributed by atoms with Gasteiger partial charge in [-0.25, -0.2) is 0 Å². The lowest BCUT2D eigenvalue weighted by Crippen LogP contribution is -2.21. The Hall–Kier alpha value is 0.